The van der Waals surface area contributed by atoms with E-state index in [4.69, 9.17) is 19.5 Å². The zero-order valence-electron chi connectivity index (χ0n) is 17.4. The summed E-state index contributed by atoms with van der Waals surface area (Å²) in [4.78, 5) is 16.0. The summed E-state index contributed by atoms with van der Waals surface area (Å²) in [6.45, 7) is 1.58. The molecule has 0 aromatic carbocycles. The minimum Gasteiger partial charge on any atom is -0.472 e. The smallest absolute Gasteiger partial charge is 0.237 e. The Morgan fingerprint density at radius 1 is 1.45 bits per heavy atom. The number of nitrogens with one attached hydrogen (secondary N) is 1. The molecule has 1 aliphatic carbocycles. The van der Waals surface area contributed by atoms with Crippen molar-refractivity contribution in [2.24, 2.45) is 0 Å². The van der Waals surface area contributed by atoms with Crippen molar-refractivity contribution in [3.05, 3.63) is 35.8 Å². The minimum atomic E-state index is -0.754. The molecule has 3 aliphatic rings. The third-order valence-corrected chi connectivity index (χ3v) is 5.81. The second kappa shape index (κ2) is 9.44. The molecule has 1 saturated heterocycles. The zero-order chi connectivity index (χ0) is 20.9. The van der Waals surface area contributed by atoms with Crippen molar-refractivity contribution < 1.29 is 19.0 Å². The molecule has 2 heterocycles. The van der Waals surface area contributed by atoms with Crippen LogP contribution in [0.5, 0.6) is 0 Å². The number of nitrogens with zero attached hydrogens (tertiary/aromatic N) is 3. The highest BCUT2D eigenvalue weighted by Gasteiger charge is 2.36. The average Bonchev–Trinajstić information content (AvgIpc) is 3.37. The van der Waals surface area contributed by atoms with E-state index in [-0.39, 0.29) is 24.7 Å². The number of ether oxygens (including phenoxy) is 3. The van der Waals surface area contributed by atoms with E-state index in [1.807, 2.05) is 25.3 Å². The molecule has 0 saturated carbocycles. The number of allylic oxidation sites excluding steroid dienone is 2. The van der Waals surface area contributed by atoms with Crippen LogP contribution in [0.2, 0.25) is 0 Å². The predicted octanol–water partition coefficient (Wildman–Crippen LogP) is 1.49. The Morgan fingerprint density at radius 3 is 2.97 bits per heavy atom. The van der Waals surface area contributed by atoms with E-state index < -0.39 is 5.79 Å². The van der Waals surface area contributed by atoms with Gasteiger partial charge in [0.2, 0.25) is 5.91 Å². The van der Waals surface area contributed by atoms with Gasteiger partial charge in [-0.15, -0.1) is 0 Å². The van der Waals surface area contributed by atoms with E-state index in [0.717, 1.165) is 30.5 Å². The first-order chi connectivity index (χ1) is 14.0. The Morgan fingerprint density at radius 2 is 2.24 bits per heavy atom. The maximum atomic E-state index is 12.3. The highest BCUT2D eigenvalue weighted by molar-refractivity contribution is 5.79. The van der Waals surface area contributed by atoms with Crippen molar-refractivity contribution in [3.63, 3.8) is 0 Å². The lowest BCUT2D eigenvalue weighted by Crippen LogP contribution is -2.41. The Balaban J connectivity index is 1.44. The molecule has 158 valence electrons. The Labute approximate surface area is 172 Å². The first kappa shape index (κ1) is 21.4. The molecule has 2 atom stereocenters. The van der Waals surface area contributed by atoms with Gasteiger partial charge in [0, 0.05) is 47.2 Å². The van der Waals surface area contributed by atoms with Gasteiger partial charge in [0.15, 0.2) is 12.0 Å². The summed E-state index contributed by atoms with van der Waals surface area (Å²) in [6, 6.07) is 1.93. The highest BCUT2D eigenvalue weighted by atomic mass is 16.7. The monoisotopic (exact) mass is 402 g/mol. The van der Waals surface area contributed by atoms with E-state index in [0.29, 0.717) is 19.5 Å². The summed E-state index contributed by atoms with van der Waals surface area (Å²) in [5.41, 5.74) is 2.13. The van der Waals surface area contributed by atoms with Crippen molar-refractivity contribution in [2.75, 3.05) is 40.9 Å². The fraction of sp³-hybridized carbons (Fsp3) is 0.619. The standard InChI is InChI=1S/C21H30N4O4/c1-24-18(8-10-23-14-19(26)25-11-5-7-17(25)13-22)15-29-20(24)16-6-4-9-21(12-16,27-2)28-3/h4,6,9,15,17,20,23H,5,7-8,10-12,14H2,1-3H3/t17-,20?/m0/s1. The summed E-state index contributed by atoms with van der Waals surface area (Å²) in [7, 11) is 5.26. The molecular formula is C21H30N4O4. The second-order valence-corrected chi connectivity index (χ2v) is 7.51. The molecule has 0 radical (unpaired) electrons. The van der Waals surface area contributed by atoms with Crippen LogP contribution in [0.3, 0.4) is 0 Å². The molecule has 0 bridgehead atoms. The van der Waals surface area contributed by atoms with E-state index >= 15 is 0 Å². The van der Waals surface area contributed by atoms with Gasteiger partial charge >= 0.3 is 0 Å². The first-order valence-electron chi connectivity index (χ1n) is 9.99. The van der Waals surface area contributed by atoms with Crippen molar-refractivity contribution in [2.45, 2.75) is 43.7 Å². The Kier molecular flexibility index (Phi) is 6.96. The lowest BCUT2D eigenvalue weighted by Gasteiger charge is -2.34. The van der Waals surface area contributed by atoms with Crippen LogP contribution in [0.1, 0.15) is 25.7 Å². The molecule has 0 aromatic heterocycles. The van der Waals surface area contributed by atoms with Gasteiger partial charge < -0.3 is 29.3 Å². The molecule has 2 aliphatic heterocycles. The van der Waals surface area contributed by atoms with Crippen LogP contribution in [0.15, 0.2) is 35.8 Å². The van der Waals surface area contributed by atoms with Gasteiger partial charge in [-0.2, -0.15) is 5.26 Å². The minimum absolute atomic E-state index is 0.00782. The van der Waals surface area contributed by atoms with Crippen LogP contribution in [-0.2, 0) is 19.0 Å². The first-order valence-corrected chi connectivity index (χ1v) is 9.99. The number of hydrogen-bond donors (Lipinski definition) is 1. The lowest BCUT2D eigenvalue weighted by molar-refractivity contribution is -0.171. The maximum Gasteiger partial charge on any atom is 0.237 e. The SMILES string of the molecule is COC1(OC)C=CC=C(C2OC=C(CCNCC(=O)N3CCC[C@H]3C#N)N2C)C1. The molecule has 1 fully saturated rings. The summed E-state index contributed by atoms with van der Waals surface area (Å²) in [5, 5.41) is 12.3. The summed E-state index contributed by atoms with van der Waals surface area (Å²) >= 11 is 0. The van der Waals surface area contributed by atoms with Gasteiger partial charge in [-0.25, -0.2) is 0 Å². The number of methoxy groups -OCH3 is 2. The van der Waals surface area contributed by atoms with E-state index in [1.165, 1.54) is 0 Å². The summed E-state index contributed by atoms with van der Waals surface area (Å²) in [5.74, 6) is -0.762. The zero-order valence-corrected chi connectivity index (χ0v) is 17.4. The van der Waals surface area contributed by atoms with Crippen LogP contribution < -0.4 is 5.32 Å². The maximum absolute atomic E-state index is 12.3. The number of likely N-dealkylation sites (N-methyl/N-ethyl adjacent to an activating group) is 1. The predicted molar refractivity (Wildman–Crippen MR) is 107 cm³/mol. The van der Waals surface area contributed by atoms with Crippen LogP contribution in [0, 0.1) is 11.3 Å². The summed E-state index contributed by atoms with van der Waals surface area (Å²) in [6.07, 6.45) is 10.5. The number of likely N-dealkylation sites (tertiary alicyclic amines) is 1. The Bertz CT molecular complexity index is 735. The van der Waals surface area contributed by atoms with Crippen LogP contribution in [0.25, 0.3) is 0 Å². The summed E-state index contributed by atoms with van der Waals surface area (Å²) < 4.78 is 17.0. The lowest BCUT2D eigenvalue weighted by atomic mass is 9.97. The van der Waals surface area contributed by atoms with Crippen molar-refractivity contribution in [3.8, 4) is 6.07 Å². The van der Waals surface area contributed by atoms with Crippen LogP contribution in [-0.4, -0.2) is 74.7 Å². The Hall–Kier alpha value is -2.34. The van der Waals surface area contributed by atoms with Gasteiger partial charge in [-0.1, -0.05) is 12.2 Å². The van der Waals surface area contributed by atoms with Crippen LogP contribution in [0.4, 0.5) is 0 Å². The van der Waals surface area contributed by atoms with E-state index in [9.17, 15) is 4.79 Å². The number of amides is 1. The number of carbonyl (C=O) groups is 1. The molecule has 3 rings (SSSR count). The molecule has 29 heavy (non-hydrogen) atoms. The average molecular weight is 402 g/mol. The molecule has 0 spiro atoms. The third kappa shape index (κ3) is 4.64. The number of hydrogen-bond acceptors (Lipinski definition) is 7. The molecule has 8 nitrogen and oxygen atoms in total. The number of rotatable bonds is 8. The molecule has 0 aromatic rings. The van der Waals surface area contributed by atoms with Crippen molar-refractivity contribution in [1.29, 1.82) is 5.26 Å². The fourth-order valence-electron chi connectivity index (χ4n) is 4.01. The van der Waals surface area contributed by atoms with Gasteiger partial charge in [0.05, 0.1) is 18.3 Å². The van der Waals surface area contributed by atoms with Gasteiger partial charge in [-0.05, 0) is 24.5 Å². The van der Waals surface area contributed by atoms with Crippen LogP contribution >= 0.6 is 0 Å². The van der Waals surface area contributed by atoms with Crippen molar-refractivity contribution in [1.82, 2.24) is 15.1 Å². The topological polar surface area (TPSA) is 87.1 Å². The second-order valence-electron chi connectivity index (χ2n) is 7.51. The molecule has 1 unspecified atom stereocenters. The van der Waals surface area contributed by atoms with Gasteiger partial charge in [-0.3, -0.25) is 4.79 Å². The molecule has 8 heteroatoms. The molecular weight excluding hydrogens is 372 g/mol. The van der Waals surface area contributed by atoms with Gasteiger partial charge in [0.25, 0.3) is 0 Å². The largest absolute Gasteiger partial charge is 0.472 e. The molecule has 1 amide bonds. The van der Waals surface area contributed by atoms with Gasteiger partial charge in [0.1, 0.15) is 12.3 Å². The van der Waals surface area contributed by atoms with E-state index in [1.54, 1.807) is 25.4 Å². The number of carbonyl (C=O) groups excluding carboxylic acids is 1. The fourth-order valence-corrected chi connectivity index (χ4v) is 4.01. The normalized spacial score (nSPS) is 25.4. The third-order valence-electron chi connectivity index (χ3n) is 5.81. The number of nitriles is 1. The van der Waals surface area contributed by atoms with E-state index in [2.05, 4.69) is 16.3 Å². The molecule has 1 N–H and O–H groups in total. The highest BCUT2D eigenvalue weighted by Crippen LogP contribution is 2.34. The van der Waals surface area contributed by atoms with Crippen molar-refractivity contribution >= 4 is 5.91 Å². The quantitative estimate of drug-likeness (QED) is 0.486.